The molecule has 0 saturated heterocycles. The lowest BCUT2D eigenvalue weighted by Gasteiger charge is -2.29. The Morgan fingerprint density at radius 1 is 1.33 bits per heavy atom. The second kappa shape index (κ2) is 8.05. The maximum atomic E-state index is 6.31. The molecule has 1 fully saturated rings. The molecule has 0 aliphatic heterocycles. The van der Waals surface area contributed by atoms with E-state index in [2.05, 4.69) is 26.1 Å². The third kappa shape index (κ3) is 5.19. The highest BCUT2D eigenvalue weighted by molar-refractivity contribution is 6.30. The van der Waals surface area contributed by atoms with E-state index in [1.54, 1.807) is 0 Å². The van der Waals surface area contributed by atoms with Gasteiger partial charge < -0.3 is 10.1 Å². The number of rotatable bonds is 6. The molecule has 0 aromatic heterocycles. The van der Waals surface area contributed by atoms with Gasteiger partial charge in [0.1, 0.15) is 5.75 Å². The van der Waals surface area contributed by atoms with E-state index in [0.717, 1.165) is 28.8 Å². The molecule has 0 radical (unpaired) electrons. The molecule has 1 aromatic rings. The van der Waals surface area contributed by atoms with Gasteiger partial charge >= 0.3 is 0 Å². The predicted octanol–water partition coefficient (Wildman–Crippen LogP) is 5.19. The van der Waals surface area contributed by atoms with Gasteiger partial charge in [-0.1, -0.05) is 45.2 Å². The van der Waals surface area contributed by atoms with Crippen molar-refractivity contribution >= 4 is 11.6 Å². The second-order valence-corrected chi connectivity index (χ2v) is 6.90. The summed E-state index contributed by atoms with van der Waals surface area (Å²) in [5.41, 5.74) is 1.16. The molecular weight excluding hydrogens is 282 g/mol. The number of halogens is 1. The topological polar surface area (TPSA) is 21.3 Å². The van der Waals surface area contributed by atoms with Gasteiger partial charge in [0, 0.05) is 23.2 Å². The molecule has 3 heteroatoms. The predicted molar refractivity (Wildman–Crippen MR) is 90.1 cm³/mol. The molecule has 0 heterocycles. The quantitative estimate of drug-likeness (QED) is 0.781. The Morgan fingerprint density at radius 2 is 2.14 bits per heavy atom. The Labute approximate surface area is 134 Å². The number of benzene rings is 1. The van der Waals surface area contributed by atoms with Gasteiger partial charge in [-0.15, -0.1) is 0 Å². The zero-order chi connectivity index (χ0) is 15.2. The van der Waals surface area contributed by atoms with Crippen molar-refractivity contribution in [3.05, 3.63) is 28.8 Å². The first-order valence-electron chi connectivity index (χ1n) is 8.27. The Balaban J connectivity index is 2.04. The number of ether oxygens (including phenoxy) is 1. The molecular formula is C18H28ClNO. The summed E-state index contributed by atoms with van der Waals surface area (Å²) in [4.78, 5) is 0. The van der Waals surface area contributed by atoms with Gasteiger partial charge in [-0.05, 0) is 43.4 Å². The summed E-state index contributed by atoms with van der Waals surface area (Å²) in [6.07, 6.45) is 6.65. The summed E-state index contributed by atoms with van der Waals surface area (Å²) < 4.78 is 6.31. The molecule has 1 N–H and O–H groups in total. The zero-order valence-corrected chi connectivity index (χ0v) is 14.2. The summed E-state index contributed by atoms with van der Waals surface area (Å²) in [5, 5.41) is 4.22. The van der Waals surface area contributed by atoms with Crippen molar-refractivity contribution in [1.82, 2.24) is 5.32 Å². The van der Waals surface area contributed by atoms with E-state index in [9.17, 15) is 0 Å². The van der Waals surface area contributed by atoms with Gasteiger partial charge in [0.15, 0.2) is 0 Å². The third-order valence-electron chi connectivity index (χ3n) is 4.33. The van der Waals surface area contributed by atoms with Gasteiger partial charge in [-0.3, -0.25) is 0 Å². The molecule has 2 unspecified atom stereocenters. The van der Waals surface area contributed by atoms with Crippen LogP contribution in [0.1, 0.15) is 58.4 Å². The third-order valence-corrected chi connectivity index (χ3v) is 4.56. The first-order valence-corrected chi connectivity index (χ1v) is 8.64. The Hall–Kier alpha value is -0.730. The monoisotopic (exact) mass is 309 g/mol. The van der Waals surface area contributed by atoms with Crippen LogP contribution < -0.4 is 10.1 Å². The van der Waals surface area contributed by atoms with Gasteiger partial charge in [0.05, 0.1) is 6.10 Å². The fraction of sp³-hybridized carbons (Fsp3) is 0.667. The maximum absolute atomic E-state index is 6.31. The molecule has 118 valence electrons. The first-order chi connectivity index (χ1) is 10.1. The lowest BCUT2D eigenvalue weighted by atomic mass is 9.85. The van der Waals surface area contributed by atoms with Crippen LogP contribution in [0.4, 0.5) is 0 Å². The lowest BCUT2D eigenvalue weighted by Crippen LogP contribution is -2.26. The van der Waals surface area contributed by atoms with E-state index in [0.29, 0.717) is 12.1 Å². The van der Waals surface area contributed by atoms with Crippen LogP contribution in [0, 0.1) is 5.92 Å². The summed E-state index contributed by atoms with van der Waals surface area (Å²) in [7, 11) is 0. The van der Waals surface area contributed by atoms with Gasteiger partial charge in [0.25, 0.3) is 0 Å². The normalized spacial score (nSPS) is 22.5. The first kappa shape index (κ1) is 16.6. The Kier molecular flexibility index (Phi) is 6.38. The zero-order valence-electron chi connectivity index (χ0n) is 13.5. The highest BCUT2D eigenvalue weighted by atomic mass is 35.5. The van der Waals surface area contributed by atoms with Crippen LogP contribution in [0.2, 0.25) is 5.02 Å². The van der Waals surface area contributed by atoms with Gasteiger partial charge in [-0.25, -0.2) is 0 Å². The van der Waals surface area contributed by atoms with Crippen molar-refractivity contribution in [2.24, 2.45) is 5.92 Å². The molecule has 0 amide bonds. The highest BCUT2D eigenvalue weighted by Gasteiger charge is 2.22. The molecule has 2 nitrogen and oxygen atoms in total. The number of hydrogen-bond donors (Lipinski definition) is 1. The van der Waals surface area contributed by atoms with Crippen LogP contribution in [0.15, 0.2) is 18.2 Å². The largest absolute Gasteiger partial charge is 0.490 e. The van der Waals surface area contributed by atoms with Crippen molar-refractivity contribution in [2.45, 2.75) is 71.6 Å². The highest BCUT2D eigenvalue weighted by Crippen LogP contribution is 2.31. The van der Waals surface area contributed by atoms with E-state index < -0.39 is 0 Å². The molecule has 1 aromatic carbocycles. The van der Waals surface area contributed by atoms with Gasteiger partial charge in [-0.2, -0.15) is 0 Å². The van der Waals surface area contributed by atoms with Crippen molar-refractivity contribution in [2.75, 3.05) is 0 Å². The molecule has 1 aliphatic rings. The summed E-state index contributed by atoms with van der Waals surface area (Å²) in [5.74, 6) is 1.82. The molecule has 1 saturated carbocycles. The summed E-state index contributed by atoms with van der Waals surface area (Å²) in [6.45, 7) is 7.39. The fourth-order valence-electron chi connectivity index (χ4n) is 3.01. The van der Waals surface area contributed by atoms with Crippen LogP contribution in [0.5, 0.6) is 5.75 Å². The summed E-state index contributed by atoms with van der Waals surface area (Å²) in [6, 6.07) is 6.42. The van der Waals surface area contributed by atoms with E-state index in [1.165, 1.54) is 32.1 Å². The van der Waals surface area contributed by atoms with E-state index >= 15 is 0 Å². The SMILES string of the molecule is CCC1CCCC(Oc2ccc(Cl)cc2CNC(C)C)C1. The van der Waals surface area contributed by atoms with Crippen LogP contribution >= 0.6 is 11.6 Å². The minimum Gasteiger partial charge on any atom is -0.490 e. The van der Waals surface area contributed by atoms with E-state index in [-0.39, 0.29) is 0 Å². The van der Waals surface area contributed by atoms with Crippen LogP contribution in [-0.2, 0) is 6.54 Å². The van der Waals surface area contributed by atoms with Gasteiger partial charge in [0.2, 0.25) is 0 Å². The molecule has 2 rings (SSSR count). The molecule has 1 aliphatic carbocycles. The minimum absolute atomic E-state index is 0.364. The van der Waals surface area contributed by atoms with Crippen molar-refractivity contribution < 1.29 is 4.74 Å². The Morgan fingerprint density at radius 3 is 2.86 bits per heavy atom. The molecule has 0 spiro atoms. The number of nitrogens with one attached hydrogen (secondary N) is 1. The second-order valence-electron chi connectivity index (χ2n) is 6.47. The maximum Gasteiger partial charge on any atom is 0.124 e. The van der Waals surface area contributed by atoms with E-state index in [4.69, 9.17) is 16.3 Å². The number of hydrogen-bond acceptors (Lipinski definition) is 2. The van der Waals surface area contributed by atoms with Crippen LogP contribution in [0.3, 0.4) is 0 Å². The minimum atomic E-state index is 0.364. The van der Waals surface area contributed by atoms with Crippen molar-refractivity contribution in [3.63, 3.8) is 0 Å². The van der Waals surface area contributed by atoms with E-state index in [1.807, 2.05) is 18.2 Å². The van der Waals surface area contributed by atoms with Crippen LogP contribution in [0.25, 0.3) is 0 Å². The average Bonchev–Trinajstić information content (AvgIpc) is 2.47. The summed E-state index contributed by atoms with van der Waals surface area (Å²) >= 11 is 6.14. The molecule has 0 bridgehead atoms. The van der Waals surface area contributed by atoms with Crippen molar-refractivity contribution in [3.8, 4) is 5.75 Å². The lowest BCUT2D eigenvalue weighted by molar-refractivity contribution is 0.121. The smallest absolute Gasteiger partial charge is 0.124 e. The van der Waals surface area contributed by atoms with Crippen molar-refractivity contribution in [1.29, 1.82) is 0 Å². The fourth-order valence-corrected chi connectivity index (χ4v) is 3.21. The average molecular weight is 310 g/mol. The molecule has 2 atom stereocenters. The Bertz CT molecular complexity index is 447. The van der Waals surface area contributed by atoms with Crippen LogP contribution in [-0.4, -0.2) is 12.1 Å². The standard InChI is InChI=1S/C18H28ClNO/c1-4-14-6-5-7-17(10-14)21-18-9-8-16(19)11-15(18)12-20-13(2)3/h8-9,11,13-14,17,20H,4-7,10,12H2,1-3H3. The molecule has 21 heavy (non-hydrogen) atoms.